The van der Waals surface area contributed by atoms with Gasteiger partial charge in [-0.05, 0) is 0 Å². The summed E-state index contributed by atoms with van der Waals surface area (Å²) in [5, 5.41) is 5.63. The van der Waals surface area contributed by atoms with Crippen molar-refractivity contribution in [3.8, 4) is 0 Å². The zero-order valence-electron chi connectivity index (χ0n) is 6.12. The van der Waals surface area contributed by atoms with Gasteiger partial charge in [0.1, 0.15) is 0 Å². The van der Waals surface area contributed by atoms with Crippen molar-refractivity contribution in [2.75, 3.05) is 6.54 Å². The van der Waals surface area contributed by atoms with Crippen molar-refractivity contribution in [2.24, 2.45) is 15.7 Å². The van der Waals surface area contributed by atoms with Gasteiger partial charge in [0.25, 0.3) is 0 Å². The molecule has 5 nitrogen and oxygen atoms in total. The molecule has 0 saturated heterocycles. The summed E-state index contributed by atoms with van der Waals surface area (Å²) in [7, 11) is 0. The second-order valence-corrected chi connectivity index (χ2v) is 1.99. The van der Waals surface area contributed by atoms with Crippen molar-refractivity contribution < 1.29 is 0 Å². The minimum Gasteiger partial charge on any atom is -0.322 e. The second-order valence-electron chi connectivity index (χ2n) is 1.99. The fraction of sp³-hybridized carbons (Fsp3) is 0.333. The Morgan fingerprint density at radius 1 is 1.91 bits per heavy atom. The highest BCUT2D eigenvalue weighted by molar-refractivity contribution is 5.91. The quantitative estimate of drug-likeness (QED) is 0.445. The number of hydrogen-bond acceptors (Lipinski definition) is 3. The summed E-state index contributed by atoms with van der Waals surface area (Å²) >= 11 is 0. The van der Waals surface area contributed by atoms with E-state index in [1.54, 1.807) is 6.08 Å². The Morgan fingerprint density at radius 3 is 3.36 bits per heavy atom. The van der Waals surface area contributed by atoms with Crippen LogP contribution >= 0.6 is 0 Å². The van der Waals surface area contributed by atoms with Gasteiger partial charge in [0.2, 0.25) is 0 Å². The van der Waals surface area contributed by atoms with Gasteiger partial charge in [-0.3, -0.25) is 5.73 Å². The lowest BCUT2D eigenvalue weighted by atomic mass is 10.6. The summed E-state index contributed by atoms with van der Waals surface area (Å²) in [6.45, 7) is 4.10. The Morgan fingerprint density at radius 2 is 2.73 bits per heavy atom. The highest BCUT2D eigenvalue weighted by atomic mass is 15.3. The van der Waals surface area contributed by atoms with E-state index >= 15 is 0 Å². The summed E-state index contributed by atoms with van der Waals surface area (Å²) in [5.74, 6) is 0.632. The van der Waals surface area contributed by atoms with Gasteiger partial charge in [-0.1, -0.05) is 6.08 Å². The van der Waals surface area contributed by atoms with Crippen LogP contribution in [0.25, 0.3) is 0 Å². The van der Waals surface area contributed by atoms with E-state index in [1.165, 1.54) is 6.34 Å². The molecule has 0 aliphatic carbocycles. The number of hydrogen-bond donors (Lipinski definition) is 3. The molecule has 11 heavy (non-hydrogen) atoms. The van der Waals surface area contributed by atoms with Gasteiger partial charge < -0.3 is 10.6 Å². The highest BCUT2D eigenvalue weighted by Crippen LogP contribution is 1.81. The predicted molar refractivity (Wildman–Crippen MR) is 45.2 cm³/mol. The Kier molecular flexibility index (Phi) is 2.62. The van der Waals surface area contributed by atoms with Crippen molar-refractivity contribution in [3.05, 3.63) is 12.7 Å². The largest absolute Gasteiger partial charge is 0.322 e. The van der Waals surface area contributed by atoms with Gasteiger partial charge in [0.15, 0.2) is 12.2 Å². The van der Waals surface area contributed by atoms with E-state index in [2.05, 4.69) is 27.2 Å². The fourth-order valence-corrected chi connectivity index (χ4v) is 0.645. The molecule has 60 valence electrons. The molecule has 0 fully saturated rings. The number of rotatable bonds is 2. The third-order valence-corrected chi connectivity index (χ3v) is 1.10. The zero-order chi connectivity index (χ0) is 8.10. The highest BCUT2D eigenvalue weighted by Gasteiger charge is 2.05. The van der Waals surface area contributed by atoms with E-state index in [1.807, 2.05) is 0 Å². The summed E-state index contributed by atoms with van der Waals surface area (Å²) in [6, 6.07) is 0. The van der Waals surface area contributed by atoms with Crippen LogP contribution in [-0.2, 0) is 0 Å². The predicted octanol–water partition coefficient (Wildman–Crippen LogP) is -1.01. The lowest BCUT2D eigenvalue weighted by molar-refractivity contribution is 0.644. The van der Waals surface area contributed by atoms with Crippen LogP contribution in [-0.4, -0.2) is 25.1 Å². The monoisotopic (exact) mass is 153 g/mol. The summed E-state index contributed by atoms with van der Waals surface area (Å²) in [5.41, 5.74) is 5.44. The smallest absolute Gasteiger partial charge is 0.199 e. The molecule has 1 atom stereocenters. The van der Waals surface area contributed by atoms with Gasteiger partial charge in [0, 0.05) is 0 Å². The van der Waals surface area contributed by atoms with Crippen LogP contribution in [0.2, 0.25) is 0 Å². The number of aliphatic imine (C=N–C) groups is 2. The minimum absolute atomic E-state index is 0.389. The van der Waals surface area contributed by atoms with E-state index in [4.69, 9.17) is 5.73 Å². The molecule has 0 spiro atoms. The Hall–Kier alpha value is -1.36. The fourth-order valence-electron chi connectivity index (χ4n) is 0.645. The molecule has 4 N–H and O–H groups in total. The number of nitrogens with zero attached hydrogens (tertiary/aromatic N) is 2. The van der Waals surface area contributed by atoms with Gasteiger partial charge >= 0.3 is 0 Å². The molecule has 1 aliphatic heterocycles. The van der Waals surface area contributed by atoms with Crippen molar-refractivity contribution in [1.82, 2.24) is 10.6 Å². The third kappa shape index (κ3) is 2.38. The lowest BCUT2D eigenvalue weighted by Gasteiger charge is -2.16. The van der Waals surface area contributed by atoms with E-state index in [9.17, 15) is 0 Å². The van der Waals surface area contributed by atoms with Crippen LogP contribution in [0.3, 0.4) is 0 Å². The minimum atomic E-state index is -0.389. The number of guanidine groups is 1. The van der Waals surface area contributed by atoms with E-state index in [0.29, 0.717) is 12.5 Å². The molecular weight excluding hydrogens is 142 g/mol. The van der Waals surface area contributed by atoms with Crippen LogP contribution in [0, 0.1) is 0 Å². The molecule has 1 heterocycles. The molecule has 0 aromatic carbocycles. The molecule has 0 aromatic rings. The van der Waals surface area contributed by atoms with Gasteiger partial charge in [0.05, 0.1) is 12.9 Å². The summed E-state index contributed by atoms with van der Waals surface area (Å²) in [4.78, 5) is 7.87. The zero-order valence-corrected chi connectivity index (χ0v) is 6.12. The molecule has 0 aromatic heterocycles. The maximum Gasteiger partial charge on any atom is 0.199 e. The number of nitrogens with one attached hydrogen (secondary N) is 2. The Balaban J connectivity index is 2.48. The maximum absolute atomic E-state index is 5.44. The van der Waals surface area contributed by atoms with Crippen LogP contribution in [0.5, 0.6) is 0 Å². The van der Waals surface area contributed by atoms with E-state index in [-0.39, 0.29) is 6.29 Å². The van der Waals surface area contributed by atoms with Gasteiger partial charge in [-0.15, -0.1) is 6.58 Å². The molecule has 0 bridgehead atoms. The lowest BCUT2D eigenvalue weighted by Crippen LogP contribution is -2.50. The average molecular weight is 153 g/mol. The summed E-state index contributed by atoms with van der Waals surface area (Å²) in [6.07, 6.45) is 2.83. The molecule has 5 heteroatoms. The van der Waals surface area contributed by atoms with Crippen LogP contribution < -0.4 is 16.4 Å². The topological polar surface area (TPSA) is 74.8 Å². The standard InChI is InChI=1S/C6H11N5/c1-2-3-8-6-10-4-9-5(7)11-6/h2,4-5H,1,3,7H2,(H2,8,9,10,11). The summed E-state index contributed by atoms with van der Waals surface area (Å²) < 4.78 is 0. The first-order valence-electron chi connectivity index (χ1n) is 3.28. The van der Waals surface area contributed by atoms with Gasteiger partial charge in [-0.2, -0.15) is 0 Å². The van der Waals surface area contributed by atoms with Crippen molar-refractivity contribution >= 4 is 12.3 Å². The van der Waals surface area contributed by atoms with E-state index < -0.39 is 0 Å². The maximum atomic E-state index is 5.44. The van der Waals surface area contributed by atoms with Crippen molar-refractivity contribution in [1.29, 1.82) is 0 Å². The third-order valence-electron chi connectivity index (χ3n) is 1.10. The first-order valence-corrected chi connectivity index (χ1v) is 3.28. The molecule has 0 radical (unpaired) electrons. The molecule has 1 rings (SSSR count). The van der Waals surface area contributed by atoms with Crippen LogP contribution in [0.1, 0.15) is 0 Å². The van der Waals surface area contributed by atoms with Crippen molar-refractivity contribution in [3.63, 3.8) is 0 Å². The van der Waals surface area contributed by atoms with Crippen molar-refractivity contribution in [2.45, 2.75) is 6.29 Å². The Bertz CT molecular complexity index is 195. The molecular formula is C6H11N5. The molecule has 0 saturated carbocycles. The SMILES string of the molecule is C=CCN=C1NC=NC(N)N1. The van der Waals surface area contributed by atoms with Gasteiger partial charge in [-0.25, -0.2) is 9.98 Å². The average Bonchev–Trinajstić information content (AvgIpc) is 2.01. The first kappa shape index (κ1) is 7.74. The number of nitrogens with two attached hydrogens (primary N) is 1. The molecule has 1 unspecified atom stereocenters. The molecule has 0 amide bonds. The molecule has 1 aliphatic rings. The van der Waals surface area contributed by atoms with Crippen LogP contribution in [0.4, 0.5) is 0 Å². The van der Waals surface area contributed by atoms with E-state index in [0.717, 1.165) is 0 Å². The Labute approximate surface area is 65.1 Å². The first-order chi connectivity index (χ1) is 5.33. The van der Waals surface area contributed by atoms with Crippen LogP contribution in [0.15, 0.2) is 22.6 Å². The normalized spacial score (nSPS) is 25.9. The second kappa shape index (κ2) is 3.72.